The van der Waals surface area contributed by atoms with Crippen molar-refractivity contribution in [2.75, 3.05) is 7.11 Å². The number of thioether (sulfide) groups is 1. The molecule has 0 aliphatic heterocycles. The van der Waals surface area contributed by atoms with Gasteiger partial charge in [-0.3, -0.25) is 4.98 Å². The number of hydrogen-bond donors (Lipinski definition) is 2. The molecular weight excluding hydrogens is 440 g/mol. The standard InChI is InChI=1S/C28H34N4OS/c1-17-7-9-19(10-8-17)26-21(15-29)25(14-28(3,4)5)30-18(2)22(26)16-34-27-31-23-12-11-20(33-6)13-24(23)32-27/h7-13H,14-16,29H2,1-6H3,(H,31,32). The number of nitrogens with zero attached hydrogens (tertiary/aromatic N) is 2. The molecule has 34 heavy (non-hydrogen) atoms. The van der Waals surface area contributed by atoms with Crippen LogP contribution in [0.5, 0.6) is 5.75 Å². The minimum atomic E-state index is 0.125. The van der Waals surface area contributed by atoms with Gasteiger partial charge in [0.15, 0.2) is 5.16 Å². The van der Waals surface area contributed by atoms with Gasteiger partial charge in [-0.2, -0.15) is 0 Å². The van der Waals surface area contributed by atoms with Gasteiger partial charge in [-0.1, -0.05) is 62.4 Å². The highest BCUT2D eigenvalue weighted by atomic mass is 32.2. The number of nitrogens with two attached hydrogens (primary N) is 1. The Kier molecular flexibility index (Phi) is 7.01. The number of ether oxygens (including phenoxy) is 1. The SMILES string of the molecule is COc1ccc2nc(SCc3c(C)nc(CC(C)(C)C)c(CN)c3-c3ccc(C)cc3)[nH]c2c1. The molecular formula is C28H34N4OS. The Morgan fingerprint density at radius 2 is 1.74 bits per heavy atom. The minimum absolute atomic E-state index is 0.125. The summed E-state index contributed by atoms with van der Waals surface area (Å²) >= 11 is 1.69. The number of pyridine rings is 1. The van der Waals surface area contributed by atoms with E-state index in [-0.39, 0.29) is 5.41 Å². The second kappa shape index (κ2) is 9.80. The molecule has 6 heteroatoms. The Hall–Kier alpha value is -2.83. The van der Waals surface area contributed by atoms with Gasteiger partial charge < -0.3 is 15.5 Å². The first kappa shape index (κ1) is 24.3. The number of aromatic amines is 1. The Morgan fingerprint density at radius 1 is 1.00 bits per heavy atom. The largest absolute Gasteiger partial charge is 0.497 e. The van der Waals surface area contributed by atoms with Gasteiger partial charge in [-0.05, 0) is 60.1 Å². The second-order valence-corrected chi connectivity index (χ2v) is 11.0. The molecule has 0 saturated heterocycles. The predicted molar refractivity (Wildman–Crippen MR) is 142 cm³/mol. The first-order valence-electron chi connectivity index (χ1n) is 11.6. The van der Waals surface area contributed by atoms with Crippen LogP contribution in [0.25, 0.3) is 22.2 Å². The van der Waals surface area contributed by atoms with Crippen molar-refractivity contribution in [1.29, 1.82) is 0 Å². The number of imidazole rings is 1. The molecule has 2 aromatic heterocycles. The summed E-state index contributed by atoms with van der Waals surface area (Å²) in [4.78, 5) is 13.3. The first-order valence-corrected chi connectivity index (χ1v) is 12.6. The summed E-state index contributed by atoms with van der Waals surface area (Å²) in [6.45, 7) is 11.4. The van der Waals surface area contributed by atoms with Crippen molar-refractivity contribution in [3.05, 3.63) is 70.5 Å². The van der Waals surface area contributed by atoms with Gasteiger partial charge in [-0.25, -0.2) is 4.98 Å². The minimum Gasteiger partial charge on any atom is -0.497 e. The number of H-pyrrole nitrogens is 1. The maximum Gasteiger partial charge on any atom is 0.166 e. The normalized spacial score (nSPS) is 11.9. The number of aryl methyl sites for hydroxylation is 2. The number of nitrogens with one attached hydrogen (secondary N) is 1. The zero-order valence-corrected chi connectivity index (χ0v) is 21.8. The fraction of sp³-hybridized carbons (Fsp3) is 0.357. The third-order valence-electron chi connectivity index (χ3n) is 5.95. The number of rotatable bonds is 7. The van der Waals surface area contributed by atoms with E-state index in [1.165, 1.54) is 22.3 Å². The zero-order chi connectivity index (χ0) is 24.5. The molecule has 0 unspecified atom stereocenters. The van der Waals surface area contributed by atoms with Crippen LogP contribution in [0, 0.1) is 19.3 Å². The number of fused-ring (bicyclic) bond motifs is 1. The molecule has 0 spiro atoms. The molecule has 0 bridgehead atoms. The summed E-state index contributed by atoms with van der Waals surface area (Å²) in [5.41, 5.74) is 16.6. The van der Waals surface area contributed by atoms with Crippen molar-refractivity contribution >= 4 is 22.8 Å². The fourth-order valence-electron chi connectivity index (χ4n) is 4.26. The Labute approximate surface area is 206 Å². The molecule has 3 N–H and O–H groups in total. The number of aromatic nitrogens is 3. The monoisotopic (exact) mass is 474 g/mol. The highest BCUT2D eigenvalue weighted by Crippen LogP contribution is 2.37. The van der Waals surface area contributed by atoms with Crippen molar-refractivity contribution in [1.82, 2.24) is 15.0 Å². The molecule has 178 valence electrons. The lowest BCUT2D eigenvalue weighted by atomic mass is 9.85. The van der Waals surface area contributed by atoms with Gasteiger partial charge in [0.05, 0.1) is 18.1 Å². The molecule has 0 atom stereocenters. The first-order chi connectivity index (χ1) is 16.2. The van der Waals surface area contributed by atoms with Gasteiger partial charge in [0.2, 0.25) is 0 Å². The van der Waals surface area contributed by atoms with E-state index < -0.39 is 0 Å². The lowest BCUT2D eigenvalue weighted by Gasteiger charge is -2.24. The molecule has 5 nitrogen and oxygen atoms in total. The van der Waals surface area contributed by atoms with Crippen molar-refractivity contribution in [3.63, 3.8) is 0 Å². The summed E-state index contributed by atoms with van der Waals surface area (Å²) in [5, 5.41) is 0.880. The smallest absolute Gasteiger partial charge is 0.166 e. The molecule has 4 aromatic rings. The maximum atomic E-state index is 6.36. The average Bonchev–Trinajstić information content (AvgIpc) is 3.19. The van der Waals surface area contributed by atoms with Gasteiger partial charge in [-0.15, -0.1) is 0 Å². The van der Waals surface area contributed by atoms with Crippen LogP contribution in [0.15, 0.2) is 47.6 Å². The summed E-state index contributed by atoms with van der Waals surface area (Å²) in [6.07, 6.45) is 0.887. The predicted octanol–water partition coefficient (Wildman–Crippen LogP) is 6.59. The van der Waals surface area contributed by atoms with Crippen LogP contribution in [0.1, 0.15) is 48.8 Å². The second-order valence-electron chi connectivity index (χ2n) is 10.00. The Bertz CT molecular complexity index is 1300. The van der Waals surface area contributed by atoms with Crippen LogP contribution >= 0.6 is 11.8 Å². The van der Waals surface area contributed by atoms with E-state index in [4.69, 9.17) is 20.4 Å². The summed E-state index contributed by atoms with van der Waals surface area (Å²) < 4.78 is 5.35. The quantitative estimate of drug-likeness (QED) is 0.296. The van der Waals surface area contributed by atoms with Crippen LogP contribution in [0.4, 0.5) is 0 Å². The van der Waals surface area contributed by atoms with Gasteiger partial charge >= 0.3 is 0 Å². The fourth-order valence-corrected chi connectivity index (χ4v) is 5.24. The van der Waals surface area contributed by atoms with Gasteiger partial charge in [0.25, 0.3) is 0 Å². The molecule has 0 saturated carbocycles. The van der Waals surface area contributed by atoms with Crippen LogP contribution in [-0.4, -0.2) is 22.1 Å². The third kappa shape index (κ3) is 5.29. The van der Waals surface area contributed by atoms with Gasteiger partial charge in [0.1, 0.15) is 5.75 Å². The molecule has 0 amide bonds. The van der Waals surface area contributed by atoms with Crippen LogP contribution in [0.3, 0.4) is 0 Å². The van der Waals surface area contributed by atoms with E-state index in [9.17, 15) is 0 Å². The van der Waals surface area contributed by atoms with Crippen LogP contribution in [0.2, 0.25) is 0 Å². The molecule has 0 fully saturated rings. The van der Waals surface area contributed by atoms with E-state index in [2.05, 4.69) is 63.9 Å². The lowest BCUT2D eigenvalue weighted by molar-refractivity contribution is 0.404. The summed E-state index contributed by atoms with van der Waals surface area (Å²) in [6, 6.07) is 14.6. The summed E-state index contributed by atoms with van der Waals surface area (Å²) in [7, 11) is 1.67. The highest BCUT2D eigenvalue weighted by Gasteiger charge is 2.22. The molecule has 0 aliphatic rings. The lowest BCUT2D eigenvalue weighted by Crippen LogP contribution is -2.17. The van der Waals surface area contributed by atoms with E-state index in [1.54, 1.807) is 18.9 Å². The van der Waals surface area contributed by atoms with E-state index in [0.717, 1.165) is 51.1 Å². The number of benzene rings is 2. The van der Waals surface area contributed by atoms with E-state index in [0.29, 0.717) is 6.54 Å². The van der Waals surface area contributed by atoms with Crippen LogP contribution < -0.4 is 10.5 Å². The van der Waals surface area contributed by atoms with E-state index in [1.807, 2.05) is 18.2 Å². The molecule has 2 heterocycles. The van der Waals surface area contributed by atoms with Crippen molar-refractivity contribution < 1.29 is 4.74 Å². The van der Waals surface area contributed by atoms with Crippen molar-refractivity contribution in [2.45, 2.75) is 58.5 Å². The number of methoxy groups -OCH3 is 1. The van der Waals surface area contributed by atoms with Crippen molar-refractivity contribution in [3.8, 4) is 16.9 Å². The number of hydrogen-bond acceptors (Lipinski definition) is 5. The van der Waals surface area contributed by atoms with Crippen molar-refractivity contribution in [2.24, 2.45) is 11.1 Å². The molecule has 0 radical (unpaired) electrons. The molecule has 0 aliphatic carbocycles. The average molecular weight is 475 g/mol. The third-order valence-corrected chi connectivity index (χ3v) is 6.85. The summed E-state index contributed by atoms with van der Waals surface area (Å²) in [5.74, 6) is 1.57. The Morgan fingerprint density at radius 3 is 2.38 bits per heavy atom. The topological polar surface area (TPSA) is 76.8 Å². The van der Waals surface area contributed by atoms with Crippen LogP contribution in [-0.2, 0) is 18.7 Å². The van der Waals surface area contributed by atoms with E-state index >= 15 is 0 Å². The maximum absolute atomic E-state index is 6.36. The highest BCUT2D eigenvalue weighted by molar-refractivity contribution is 7.98. The molecule has 4 rings (SSSR count). The molecule has 2 aromatic carbocycles. The zero-order valence-electron chi connectivity index (χ0n) is 21.0. The van der Waals surface area contributed by atoms with Gasteiger partial charge in [0, 0.05) is 29.8 Å². The Balaban J connectivity index is 1.77.